The molecule has 4 atom stereocenters. The number of aliphatic carboxylic acids is 1. The summed E-state index contributed by atoms with van der Waals surface area (Å²) in [6, 6.07) is -4.62. The van der Waals surface area contributed by atoms with Crippen molar-refractivity contribution in [3.8, 4) is 0 Å². The Hall–Kier alpha value is -2.38. The van der Waals surface area contributed by atoms with Gasteiger partial charge in [-0.05, 0) is 37.2 Å². The number of nitrogens with two attached hydrogens (primary N) is 2. The highest BCUT2D eigenvalue weighted by Gasteiger charge is 2.30. The number of aliphatic hydroxyl groups is 1. The lowest BCUT2D eigenvalue weighted by Crippen LogP contribution is -2.57. The van der Waals surface area contributed by atoms with Gasteiger partial charge in [0.25, 0.3) is 0 Å². The van der Waals surface area contributed by atoms with Crippen LogP contribution in [0.1, 0.15) is 39.5 Å². The van der Waals surface area contributed by atoms with Crippen molar-refractivity contribution in [2.45, 2.75) is 63.7 Å². The van der Waals surface area contributed by atoms with Crippen molar-refractivity contribution in [1.29, 1.82) is 0 Å². The molecule has 13 heteroatoms. The molecule has 0 aromatic carbocycles. The van der Waals surface area contributed by atoms with Crippen LogP contribution < -0.4 is 27.4 Å². The molecule has 0 bridgehead atoms. The van der Waals surface area contributed by atoms with Crippen molar-refractivity contribution in [3.63, 3.8) is 0 Å². The molecule has 0 spiro atoms. The summed E-state index contributed by atoms with van der Waals surface area (Å²) in [5, 5.41) is 25.4. The van der Waals surface area contributed by atoms with Crippen LogP contribution >= 0.6 is 11.8 Å². The number of aliphatic hydroxyl groups excluding tert-OH is 1. The molecule has 9 N–H and O–H groups in total. The lowest BCUT2D eigenvalue weighted by atomic mass is 10.0. The highest BCUT2D eigenvalue weighted by atomic mass is 32.2. The summed E-state index contributed by atoms with van der Waals surface area (Å²) in [5.74, 6) is -3.54. The van der Waals surface area contributed by atoms with Gasteiger partial charge in [0.1, 0.15) is 18.1 Å². The highest BCUT2D eigenvalue weighted by molar-refractivity contribution is 7.98. The standard InChI is InChI=1S/C19H35N5O7S/c1-10(2)8-13(23-16(27)11(20)4-5-15(21)26)18(29)22-12(6-7-32-3)17(28)24-14(9-25)19(30)31/h10-14,25H,4-9,20H2,1-3H3,(H2,21,26)(H,22,29)(H,23,27)(H,24,28)(H,30,31). The number of carbonyl (C=O) groups excluding carboxylic acids is 4. The Morgan fingerprint density at radius 1 is 0.906 bits per heavy atom. The van der Waals surface area contributed by atoms with Gasteiger partial charge in [0, 0.05) is 6.42 Å². The molecule has 0 rings (SSSR count). The minimum Gasteiger partial charge on any atom is -0.480 e. The molecule has 0 heterocycles. The van der Waals surface area contributed by atoms with Crippen molar-refractivity contribution in [2.24, 2.45) is 17.4 Å². The summed E-state index contributed by atoms with van der Waals surface area (Å²) in [7, 11) is 0. The first-order valence-corrected chi connectivity index (χ1v) is 11.6. The van der Waals surface area contributed by atoms with Crippen LogP contribution in [0.4, 0.5) is 0 Å². The first-order chi connectivity index (χ1) is 14.9. The lowest BCUT2D eigenvalue weighted by molar-refractivity contribution is -0.143. The molecule has 0 aromatic heterocycles. The second-order valence-corrected chi connectivity index (χ2v) is 8.71. The van der Waals surface area contributed by atoms with E-state index in [-0.39, 0.29) is 31.6 Å². The van der Waals surface area contributed by atoms with E-state index in [9.17, 15) is 24.0 Å². The minimum atomic E-state index is -1.51. The molecule has 0 radical (unpaired) electrons. The Balaban J connectivity index is 5.34. The number of hydrogen-bond donors (Lipinski definition) is 7. The molecule has 0 aliphatic heterocycles. The van der Waals surface area contributed by atoms with Crippen molar-refractivity contribution in [1.82, 2.24) is 16.0 Å². The van der Waals surface area contributed by atoms with Gasteiger partial charge in [-0.3, -0.25) is 19.2 Å². The third-order valence-corrected chi connectivity index (χ3v) is 5.06. The Labute approximate surface area is 191 Å². The number of carbonyl (C=O) groups is 5. The third-order valence-electron chi connectivity index (χ3n) is 4.42. The minimum absolute atomic E-state index is 0.0112. The molecular formula is C19H35N5O7S. The van der Waals surface area contributed by atoms with Gasteiger partial charge in [0.2, 0.25) is 23.6 Å². The monoisotopic (exact) mass is 477 g/mol. The van der Waals surface area contributed by atoms with Crippen molar-refractivity contribution < 1.29 is 34.2 Å². The van der Waals surface area contributed by atoms with Gasteiger partial charge in [-0.1, -0.05) is 13.8 Å². The Morgan fingerprint density at radius 2 is 1.44 bits per heavy atom. The number of hydrogen-bond acceptors (Lipinski definition) is 8. The fourth-order valence-electron chi connectivity index (χ4n) is 2.65. The first-order valence-electron chi connectivity index (χ1n) is 10.2. The fraction of sp³-hybridized carbons (Fsp3) is 0.737. The molecule has 32 heavy (non-hydrogen) atoms. The van der Waals surface area contributed by atoms with Crippen LogP contribution in [0.15, 0.2) is 0 Å². The summed E-state index contributed by atoms with van der Waals surface area (Å²) in [6.07, 6.45) is 2.21. The number of primary amides is 1. The largest absolute Gasteiger partial charge is 0.480 e. The van der Waals surface area contributed by atoms with Crippen LogP contribution in [0.2, 0.25) is 0 Å². The first kappa shape index (κ1) is 29.6. The molecule has 0 fully saturated rings. The van der Waals surface area contributed by atoms with Crippen molar-refractivity contribution in [3.05, 3.63) is 0 Å². The van der Waals surface area contributed by atoms with Gasteiger partial charge >= 0.3 is 5.97 Å². The molecule has 0 aliphatic carbocycles. The molecule has 0 saturated heterocycles. The van der Waals surface area contributed by atoms with Crippen molar-refractivity contribution >= 4 is 41.4 Å². The maximum Gasteiger partial charge on any atom is 0.328 e. The number of nitrogens with one attached hydrogen (secondary N) is 3. The van der Waals surface area contributed by atoms with E-state index in [1.807, 2.05) is 13.8 Å². The van der Waals surface area contributed by atoms with E-state index in [0.29, 0.717) is 5.75 Å². The molecule has 4 amide bonds. The Morgan fingerprint density at radius 3 is 1.91 bits per heavy atom. The fourth-order valence-corrected chi connectivity index (χ4v) is 3.12. The maximum absolute atomic E-state index is 12.9. The van der Waals surface area contributed by atoms with E-state index in [2.05, 4.69) is 16.0 Å². The smallest absolute Gasteiger partial charge is 0.328 e. The summed E-state index contributed by atoms with van der Waals surface area (Å²) in [5.41, 5.74) is 10.8. The quantitative estimate of drug-likeness (QED) is 0.129. The molecular weight excluding hydrogens is 442 g/mol. The normalized spacial score (nSPS) is 14.7. The zero-order valence-electron chi connectivity index (χ0n) is 18.6. The summed E-state index contributed by atoms with van der Waals surface area (Å²) < 4.78 is 0. The van der Waals surface area contributed by atoms with Gasteiger partial charge in [-0.2, -0.15) is 11.8 Å². The molecule has 4 unspecified atom stereocenters. The third kappa shape index (κ3) is 11.9. The van der Waals surface area contributed by atoms with Crippen LogP contribution in [-0.4, -0.2) is 82.6 Å². The average Bonchev–Trinajstić information content (AvgIpc) is 2.71. The second kappa shape index (κ2) is 15.4. The molecule has 0 saturated carbocycles. The number of carboxylic acids is 1. The van der Waals surface area contributed by atoms with Gasteiger partial charge in [0.15, 0.2) is 0 Å². The summed E-state index contributed by atoms with van der Waals surface area (Å²) >= 11 is 1.43. The SMILES string of the molecule is CSCCC(NC(=O)C(CC(C)C)NC(=O)C(N)CCC(N)=O)C(=O)NC(CO)C(=O)O. The van der Waals surface area contributed by atoms with E-state index in [1.54, 1.807) is 6.26 Å². The van der Waals surface area contributed by atoms with E-state index in [1.165, 1.54) is 11.8 Å². The number of rotatable bonds is 16. The molecule has 0 aliphatic rings. The predicted molar refractivity (Wildman–Crippen MR) is 119 cm³/mol. The van der Waals surface area contributed by atoms with Gasteiger partial charge in [-0.15, -0.1) is 0 Å². The molecule has 0 aromatic rings. The zero-order chi connectivity index (χ0) is 24.8. The maximum atomic E-state index is 12.9. The number of amides is 4. The lowest BCUT2D eigenvalue weighted by Gasteiger charge is -2.25. The van der Waals surface area contributed by atoms with E-state index in [0.717, 1.165) is 0 Å². The van der Waals surface area contributed by atoms with E-state index < -0.39 is 60.4 Å². The molecule has 12 nitrogen and oxygen atoms in total. The zero-order valence-corrected chi connectivity index (χ0v) is 19.4. The van der Waals surface area contributed by atoms with Crippen LogP contribution in [0.5, 0.6) is 0 Å². The van der Waals surface area contributed by atoms with E-state index in [4.69, 9.17) is 21.7 Å². The topological polar surface area (TPSA) is 214 Å². The van der Waals surface area contributed by atoms with Crippen LogP contribution in [0.25, 0.3) is 0 Å². The second-order valence-electron chi connectivity index (χ2n) is 7.73. The van der Waals surface area contributed by atoms with Crippen molar-refractivity contribution in [2.75, 3.05) is 18.6 Å². The van der Waals surface area contributed by atoms with Gasteiger partial charge in [0.05, 0.1) is 12.6 Å². The predicted octanol–water partition coefficient (Wildman–Crippen LogP) is -2.09. The van der Waals surface area contributed by atoms with Gasteiger partial charge in [-0.25, -0.2) is 4.79 Å². The van der Waals surface area contributed by atoms with Gasteiger partial charge < -0.3 is 37.6 Å². The van der Waals surface area contributed by atoms with E-state index >= 15 is 0 Å². The summed E-state index contributed by atoms with van der Waals surface area (Å²) in [4.78, 5) is 59.7. The van der Waals surface area contributed by atoms with Crippen LogP contribution in [0, 0.1) is 5.92 Å². The Kier molecular flexibility index (Phi) is 14.3. The number of carboxylic acid groups (broad SMARTS) is 1. The Bertz CT molecular complexity index is 662. The van der Waals surface area contributed by atoms with Crippen LogP contribution in [-0.2, 0) is 24.0 Å². The number of thioether (sulfide) groups is 1. The molecule has 184 valence electrons. The highest BCUT2D eigenvalue weighted by Crippen LogP contribution is 2.08. The summed E-state index contributed by atoms with van der Waals surface area (Å²) in [6.45, 7) is 2.88. The average molecular weight is 478 g/mol. The van der Waals surface area contributed by atoms with Crippen LogP contribution in [0.3, 0.4) is 0 Å².